The van der Waals surface area contributed by atoms with Gasteiger partial charge in [0.1, 0.15) is 5.82 Å². The number of fused-ring (bicyclic) bond motifs is 1. The van der Waals surface area contributed by atoms with Crippen LogP contribution in [0.2, 0.25) is 0 Å². The van der Waals surface area contributed by atoms with E-state index in [2.05, 4.69) is 4.98 Å². The van der Waals surface area contributed by atoms with Crippen LogP contribution < -0.4 is 0 Å². The van der Waals surface area contributed by atoms with Crippen molar-refractivity contribution in [2.24, 2.45) is 5.92 Å². The average Bonchev–Trinajstić information content (AvgIpc) is 2.66. The molecule has 0 aliphatic rings. The first-order valence-electron chi connectivity index (χ1n) is 6.28. The Kier molecular flexibility index (Phi) is 3.57. The lowest BCUT2D eigenvalue weighted by Gasteiger charge is -2.22. The number of aliphatic hydroxyl groups excluding tert-OH is 1. The van der Waals surface area contributed by atoms with Crippen molar-refractivity contribution in [3.63, 3.8) is 0 Å². The van der Waals surface area contributed by atoms with Crippen LogP contribution in [0.4, 0.5) is 0 Å². The highest BCUT2D eigenvalue weighted by Crippen LogP contribution is 2.26. The molecule has 102 valence electrons. The van der Waals surface area contributed by atoms with E-state index in [-0.39, 0.29) is 24.1 Å². The predicted octanol–water partition coefficient (Wildman–Crippen LogP) is 2.23. The molecule has 0 saturated heterocycles. The van der Waals surface area contributed by atoms with Crippen molar-refractivity contribution in [1.29, 1.82) is 0 Å². The Morgan fingerprint density at radius 1 is 1.42 bits per heavy atom. The van der Waals surface area contributed by atoms with Crippen LogP contribution in [0.15, 0.2) is 18.2 Å². The number of aryl methyl sites for hydroxylation is 1. The quantitative estimate of drug-likeness (QED) is 0.886. The summed E-state index contributed by atoms with van der Waals surface area (Å²) in [5, 5.41) is 18.6. The zero-order chi connectivity index (χ0) is 14.2. The fourth-order valence-corrected chi connectivity index (χ4v) is 2.36. The average molecular weight is 262 g/mol. The number of rotatable bonds is 4. The third-order valence-electron chi connectivity index (χ3n) is 3.40. The first-order valence-corrected chi connectivity index (χ1v) is 6.28. The van der Waals surface area contributed by atoms with E-state index in [1.54, 1.807) is 18.2 Å². The maximum absolute atomic E-state index is 11.1. The third-order valence-corrected chi connectivity index (χ3v) is 3.40. The molecule has 1 heterocycles. The maximum Gasteiger partial charge on any atom is 0.335 e. The molecule has 1 atom stereocenters. The molecule has 1 aromatic heterocycles. The minimum absolute atomic E-state index is 0.00126. The van der Waals surface area contributed by atoms with Gasteiger partial charge in [0.15, 0.2) is 0 Å². The van der Waals surface area contributed by atoms with E-state index in [1.807, 2.05) is 25.3 Å². The van der Waals surface area contributed by atoms with Crippen molar-refractivity contribution in [3.8, 4) is 0 Å². The number of imidazole rings is 1. The van der Waals surface area contributed by atoms with Crippen molar-refractivity contribution >= 4 is 17.0 Å². The Morgan fingerprint density at radius 2 is 2.11 bits per heavy atom. The Bertz CT molecular complexity index is 616. The molecule has 2 rings (SSSR count). The standard InChI is InChI=1S/C14H18N2O3/c1-8(2)13(7-17)16-9(3)15-11-5-4-10(14(18)19)6-12(11)16/h4-6,8,13,17H,7H2,1-3H3,(H,18,19)/t13-/m0/s1. The number of aliphatic hydroxyl groups is 1. The van der Waals surface area contributed by atoms with Gasteiger partial charge in [-0.1, -0.05) is 13.8 Å². The monoisotopic (exact) mass is 262 g/mol. The summed E-state index contributed by atoms with van der Waals surface area (Å²) in [6, 6.07) is 4.76. The molecule has 0 bridgehead atoms. The van der Waals surface area contributed by atoms with Gasteiger partial charge in [-0.05, 0) is 31.0 Å². The largest absolute Gasteiger partial charge is 0.478 e. The summed E-state index contributed by atoms with van der Waals surface area (Å²) in [7, 11) is 0. The van der Waals surface area contributed by atoms with Crippen LogP contribution in [0.1, 0.15) is 36.1 Å². The van der Waals surface area contributed by atoms with Crippen LogP contribution in [-0.2, 0) is 0 Å². The molecular weight excluding hydrogens is 244 g/mol. The Hall–Kier alpha value is -1.88. The van der Waals surface area contributed by atoms with E-state index in [1.165, 1.54) is 0 Å². The van der Waals surface area contributed by atoms with Crippen molar-refractivity contribution in [2.75, 3.05) is 6.61 Å². The second kappa shape index (κ2) is 5.01. The smallest absolute Gasteiger partial charge is 0.335 e. The molecule has 0 aliphatic carbocycles. The highest BCUT2D eigenvalue weighted by atomic mass is 16.4. The van der Waals surface area contributed by atoms with Gasteiger partial charge in [0, 0.05) is 0 Å². The molecule has 5 heteroatoms. The molecule has 0 radical (unpaired) electrons. The molecule has 1 aromatic carbocycles. The predicted molar refractivity (Wildman–Crippen MR) is 72.4 cm³/mol. The number of benzene rings is 1. The van der Waals surface area contributed by atoms with Crippen LogP contribution in [-0.4, -0.2) is 32.3 Å². The minimum atomic E-state index is -0.961. The zero-order valence-electron chi connectivity index (χ0n) is 11.3. The zero-order valence-corrected chi connectivity index (χ0v) is 11.3. The fraction of sp³-hybridized carbons (Fsp3) is 0.429. The maximum atomic E-state index is 11.1. The van der Waals surface area contributed by atoms with Crippen LogP contribution in [0, 0.1) is 12.8 Å². The number of nitrogens with zero attached hydrogens (tertiary/aromatic N) is 2. The first-order chi connectivity index (χ1) is 8.95. The Labute approximate surface area is 111 Å². The lowest BCUT2D eigenvalue weighted by molar-refractivity contribution is 0.0697. The SMILES string of the molecule is Cc1nc2ccc(C(=O)O)cc2n1[C@@H](CO)C(C)C. The van der Waals surface area contributed by atoms with Crippen LogP contribution in [0.25, 0.3) is 11.0 Å². The molecule has 0 amide bonds. The summed E-state index contributed by atoms with van der Waals surface area (Å²) in [5.74, 6) is 0.0530. The van der Waals surface area contributed by atoms with Gasteiger partial charge in [-0.25, -0.2) is 9.78 Å². The van der Waals surface area contributed by atoms with Gasteiger partial charge in [-0.3, -0.25) is 0 Å². The number of carboxylic acids is 1. The van der Waals surface area contributed by atoms with E-state index in [4.69, 9.17) is 5.11 Å². The van der Waals surface area contributed by atoms with E-state index in [9.17, 15) is 9.90 Å². The molecule has 0 unspecified atom stereocenters. The van der Waals surface area contributed by atoms with Gasteiger partial charge < -0.3 is 14.8 Å². The summed E-state index contributed by atoms with van der Waals surface area (Å²) in [6.07, 6.45) is 0. The molecule has 0 fully saturated rings. The van der Waals surface area contributed by atoms with Gasteiger partial charge >= 0.3 is 5.97 Å². The van der Waals surface area contributed by atoms with Gasteiger partial charge in [0.25, 0.3) is 0 Å². The molecule has 0 spiro atoms. The summed E-state index contributed by atoms with van der Waals surface area (Å²) < 4.78 is 1.92. The van der Waals surface area contributed by atoms with E-state index < -0.39 is 5.97 Å². The molecule has 2 aromatic rings. The van der Waals surface area contributed by atoms with Crippen molar-refractivity contribution in [2.45, 2.75) is 26.8 Å². The lowest BCUT2D eigenvalue weighted by atomic mass is 10.0. The van der Waals surface area contributed by atoms with Gasteiger partial charge in [-0.15, -0.1) is 0 Å². The Morgan fingerprint density at radius 3 is 2.63 bits per heavy atom. The molecule has 0 saturated carbocycles. The molecular formula is C14H18N2O3. The highest BCUT2D eigenvalue weighted by molar-refractivity contribution is 5.92. The molecule has 5 nitrogen and oxygen atoms in total. The number of hydrogen-bond acceptors (Lipinski definition) is 3. The second-order valence-corrected chi connectivity index (χ2v) is 5.03. The van der Waals surface area contributed by atoms with Crippen LogP contribution in [0.3, 0.4) is 0 Å². The van der Waals surface area contributed by atoms with Gasteiger partial charge in [0.05, 0.1) is 29.2 Å². The van der Waals surface area contributed by atoms with Gasteiger partial charge in [-0.2, -0.15) is 0 Å². The van der Waals surface area contributed by atoms with E-state index in [0.29, 0.717) is 0 Å². The Balaban J connectivity index is 2.67. The van der Waals surface area contributed by atoms with E-state index >= 15 is 0 Å². The van der Waals surface area contributed by atoms with Crippen LogP contribution in [0.5, 0.6) is 0 Å². The summed E-state index contributed by atoms with van der Waals surface area (Å²) in [4.78, 5) is 15.5. The molecule has 0 aliphatic heterocycles. The number of carboxylic acid groups (broad SMARTS) is 1. The lowest BCUT2D eigenvalue weighted by Crippen LogP contribution is -2.20. The molecule has 2 N–H and O–H groups in total. The van der Waals surface area contributed by atoms with Crippen molar-refractivity contribution in [1.82, 2.24) is 9.55 Å². The number of aromatic nitrogens is 2. The van der Waals surface area contributed by atoms with Crippen molar-refractivity contribution in [3.05, 3.63) is 29.6 Å². The number of aromatic carboxylic acids is 1. The number of hydrogen-bond donors (Lipinski definition) is 2. The van der Waals surface area contributed by atoms with Gasteiger partial charge in [0.2, 0.25) is 0 Å². The summed E-state index contributed by atoms with van der Waals surface area (Å²) in [6.45, 7) is 5.91. The van der Waals surface area contributed by atoms with Crippen molar-refractivity contribution < 1.29 is 15.0 Å². The topological polar surface area (TPSA) is 75.3 Å². The summed E-state index contributed by atoms with van der Waals surface area (Å²) in [5.41, 5.74) is 1.74. The van der Waals surface area contributed by atoms with E-state index in [0.717, 1.165) is 16.9 Å². The second-order valence-electron chi connectivity index (χ2n) is 5.03. The molecule has 19 heavy (non-hydrogen) atoms. The fourth-order valence-electron chi connectivity index (χ4n) is 2.36. The number of carbonyl (C=O) groups is 1. The normalized spacial score (nSPS) is 13.1. The summed E-state index contributed by atoms with van der Waals surface area (Å²) >= 11 is 0. The highest BCUT2D eigenvalue weighted by Gasteiger charge is 2.20. The first kappa shape index (κ1) is 13.5. The minimum Gasteiger partial charge on any atom is -0.478 e. The third kappa shape index (κ3) is 2.33. The van der Waals surface area contributed by atoms with Crippen LogP contribution >= 0.6 is 0 Å².